The first-order valence-electron chi connectivity index (χ1n) is 9.56. The van der Waals surface area contributed by atoms with Crippen molar-refractivity contribution >= 4 is 23.2 Å². The van der Waals surface area contributed by atoms with E-state index in [4.69, 9.17) is 16.3 Å². The van der Waals surface area contributed by atoms with Gasteiger partial charge in [-0.25, -0.2) is 4.98 Å². The van der Waals surface area contributed by atoms with Gasteiger partial charge in [0.25, 0.3) is 5.91 Å². The Morgan fingerprint density at radius 1 is 1.25 bits per heavy atom. The molecule has 150 valence electrons. The van der Waals surface area contributed by atoms with Crippen LogP contribution >= 0.6 is 11.6 Å². The fourth-order valence-electron chi connectivity index (χ4n) is 3.15. The molecule has 1 aliphatic heterocycles. The number of hydrogen-bond acceptors (Lipinski definition) is 5. The van der Waals surface area contributed by atoms with Crippen LogP contribution in [0.15, 0.2) is 36.5 Å². The van der Waals surface area contributed by atoms with Crippen molar-refractivity contribution < 1.29 is 9.53 Å². The molecule has 6 nitrogen and oxygen atoms in total. The van der Waals surface area contributed by atoms with E-state index in [-0.39, 0.29) is 12.0 Å². The van der Waals surface area contributed by atoms with Crippen LogP contribution in [0.1, 0.15) is 29.8 Å². The number of para-hydroxylation sites is 1. The van der Waals surface area contributed by atoms with Crippen LogP contribution in [0, 0.1) is 0 Å². The standard InChI is InChI=1S/C21H27ClN4O2/c1-15(2)28-21-18(22)12-17(14-24-21)20(27)23-13-16-6-4-5-7-19(16)26-10-8-25(3)9-11-26/h4-7,12,14-15H,8-11,13H2,1-3H3,(H,23,27). The molecule has 1 saturated heterocycles. The number of benzene rings is 1. The van der Waals surface area contributed by atoms with E-state index >= 15 is 0 Å². The Kier molecular flexibility index (Phi) is 6.75. The number of likely N-dealkylation sites (N-methyl/N-ethyl adjacent to an activating group) is 1. The number of carbonyl (C=O) groups excluding carboxylic acids is 1. The van der Waals surface area contributed by atoms with E-state index in [0.717, 1.165) is 31.7 Å². The number of aromatic nitrogens is 1. The summed E-state index contributed by atoms with van der Waals surface area (Å²) in [6.07, 6.45) is 1.46. The van der Waals surface area contributed by atoms with Gasteiger partial charge in [0.15, 0.2) is 0 Å². The van der Waals surface area contributed by atoms with Gasteiger partial charge >= 0.3 is 0 Å². The van der Waals surface area contributed by atoms with E-state index in [1.54, 1.807) is 6.07 Å². The highest BCUT2D eigenvalue weighted by atomic mass is 35.5. The van der Waals surface area contributed by atoms with Gasteiger partial charge in [0, 0.05) is 44.6 Å². The highest BCUT2D eigenvalue weighted by Gasteiger charge is 2.17. The summed E-state index contributed by atoms with van der Waals surface area (Å²) in [6.45, 7) is 8.29. The molecule has 1 aromatic heterocycles. The first kappa shape index (κ1) is 20.4. The van der Waals surface area contributed by atoms with Crippen LogP contribution in [0.5, 0.6) is 5.88 Å². The molecular weight excluding hydrogens is 376 g/mol. The zero-order valence-corrected chi connectivity index (χ0v) is 17.4. The van der Waals surface area contributed by atoms with Crippen LogP contribution in [0.3, 0.4) is 0 Å². The highest BCUT2D eigenvalue weighted by molar-refractivity contribution is 6.32. The van der Waals surface area contributed by atoms with Crippen molar-refractivity contribution in [3.8, 4) is 5.88 Å². The Morgan fingerprint density at radius 2 is 1.96 bits per heavy atom. The molecule has 2 aromatic rings. The van der Waals surface area contributed by atoms with Crippen molar-refractivity contribution in [2.75, 3.05) is 38.1 Å². The average molecular weight is 403 g/mol. The molecule has 28 heavy (non-hydrogen) atoms. The number of carbonyl (C=O) groups is 1. The number of ether oxygens (including phenoxy) is 1. The summed E-state index contributed by atoms with van der Waals surface area (Å²) in [5.41, 5.74) is 2.69. The summed E-state index contributed by atoms with van der Waals surface area (Å²) >= 11 is 6.20. The van der Waals surface area contributed by atoms with E-state index in [0.29, 0.717) is 23.0 Å². The van der Waals surface area contributed by atoms with Crippen molar-refractivity contribution in [1.29, 1.82) is 0 Å². The van der Waals surface area contributed by atoms with Crippen LogP contribution < -0.4 is 15.0 Å². The van der Waals surface area contributed by atoms with Crippen molar-refractivity contribution in [3.63, 3.8) is 0 Å². The Bertz CT molecular complexity index is 820. The van der Waals surface area contributed by atoms with Gasteiger partial charge in [0.2, 0.25) is 5.88 Å². The lowest BCUT2D eigenvalue weighted by Crippen LogP contribution is -2.45. The Labute approximate surface area is 171 Å². The number of nitrogens with one attached hydrogen (secondary N) is 1. The van der Waals surface area contributed by atoms with Gasteiger partial charge < -0.3 is 19.9 Å². The quantitative estimate of drug-likeness (QED) is 0.804. The number of hydrogen-bond donors (Lipinski definition) is 1. The van der Waals surface area contributed by atoms with Crippen molar-refractivity contribution in [3.05, 3.63) is 52.7 Å². The Morgan fingerprint density at radius 3 is 2.64 bits per heavy atom. The lowest BCUT2D eigenvalue weighted by atomic mass is 10.1. The van der Waals surface area contributed by atoms with Gasteiger partial charge in [-0.1, -0.05) is 29.8 Å². The van der Waals surface area contributed by atoms with Gasteiger partial charge in [-0.05, 0) is 38.6 Å². The first-order chi connectivity index (χ1) is 13.4. The molecule has 1 aliphatic rings. The molecule has 0 bridgehead atoms. The Balaban J connectivity index is 1.66. The maximum atomic E-state index is 12.6. The topological polar surface area (TPSA) is 57.7 Å². The lowest BCUT2D eigenvalue weighted by Gasteiger charge is -2.35. The number of nitrogens with zero attached hydrogens (tertiary/aromatic N) is 3. The summed E-state index contributed by atoms with van der Waals surface area (Å²) in [7, 11) is 2.14. The van der Waals surface area contributed by atoms with E-state index < -0.39 is 0 Å². The number of piperazine rings is 1. The average Bonchev–Trinajstić information content (AvgIpc) is 2.68. The molecule has 3 rings (SSSR count). The van der Waals surface area contributed by atoms with Crippen LogP contribution in [-0.4, -0.2) is 55.1 Å². The molecule has 0 spiro atoms. The minimum absolute atomic E-state index is 0.0317. The molecule has 1 aromatic carbocycles. The van der Waals surface area contributed by atoms with E-state index in [1.807, 2.05) is 26.0 Å². The van der Waals surface area contributed by atoms with Crippen molar-refractivity contribution in [2.45, 2.75) is 26.5 Å². The van der Waals surface area contributed by atoms with Crippen LogP contribution in [-0.2, 0) is 6.54 Å². The SMILES string of the molecule is CC(C)Oc1ncc(C(=O)NCc2ccccc2N2CCN(C)CC2)cc1Cl. The number of halogens is 1. The second-order valence-corrected chi connectivity index (χ2v) is 7.69. The largest absolute Gasteiger partial charge is 0.474 e. The maximum absolute atomic E-state index is 12.6. The molecule has 1 amide bonds. The smallest absolute Gasteiger partial charge is 0.253 e. The normalized spacial score (nSPS) is 15.0. The Hall–Kier alpha value is -2.31. The van der Waals surface area contributed by atoms with Crippen molar-refractivity contribution in [1.82, 2.24) is 15.2 Å². The molecule has 1 N–H and O–H groups in total. The summed E-state index contributed by atoms with van der Waals surface area (Å²) in [5.74, 6) is 0.132. The number of rotatable bonds is 6. The van der Waals surface area contributed by atoms with Gasteiger partial charge in [-0.2, -0.15) is 0 Å². The molecule has 7 heteroatoms. The summed E-state index contributed by atoms with van der Waals surface area (Å²) < 4.78 is 5.52. The van der Waals surface area contributed by atoms with Crippen molar-refractivity contribution in [2.24, 2.45) is 0 Å². The number of amides is 1. The monoisotopic (exact) mass is 402 g/mol. The molecule has 0 saturated carbocycles. The summed E-state index contributed by atoms with van der Waals surface area (Å²) in [4.78, 5) is 21.4. The van der Waals surface area contributed by atoms with Gasteiger partial charge in [-0.15, -0.1) is 0 Å². The molecule has 0 unspecified atom stereocenters. The lowest BCUT2D eigenvalue weighted by molar-refractivity contribution is 0.0950. The fourth-order valence-corrected chi connectivity index (χ4v) is 3.36. The predicted octanol–water partition coefficient (Wildman–Crippen LogP) is 3.20. The summed E-state index contributed by atoms with van der Waals surface area (Å²) in [6, 6.07) is 9.80. The molecule has 1 fully saturated rings. The zero-order chi connectivity index (χ0) is 20.1. The number of anilines is 1. The zero-order valence-electron chi connectivity index (χ0n) is 16.6. The predicted molar refractivity (Wildman–Crippen MR) is 112 cm³/mol. The fraction of sp³-hybridized carbons (Fsp3) is 0.429. The summed E-state index contributed by atoms with van der Waals surface area (Å²) in [5, 5.41) is 3.31. The van der Waals surface area contributed by atoms with Gasteiger partial charge in [-0.3, -0.25) is 4.79 Å². The minimum Gasteiger partial charge on any atom is -0.474 e. The second-order valence-electron chi connectivity index (χ2n) is 7.28. The molecular formula is C21H27ClN4O2. The van der Waals surface area contributed by atoms with Gasteiger partial charge in [0.1, 0.15) is 5.02 Å². The van der Waals surface area contributed by atoms with E-state index in [9.17, 15) is 4.79 Å². The molecule has 0 aliphatic carbocycles. The maximum Gasteiger partial charge on any atom is 0.253 e. The van der Waals surface area contributed by atoms with E-state index in [1.165, 1.54) is 11.9 Å². The third-order valence-corrected chi connectivity index (χ3v) is 4.96. The first-order valence-corrected chi connectivity index (χ1v) is 9.93. The molecule has 2 heterocycles. The third kappa shape index (κ3) is 5.14. The van der Waals surface area contributed by atoms with E-state index in [2.05, 4.69) is 39.3 Å². The van der Waals surface area contributed by atoms with Crippen LogP contribution in [0.4, 0.5) is 5.69 Å². The number of pyridine rings is 1. The van der Waals surface area contributed by atoms with Crippen LogP contribution in [0.2, 0.25) is 5.02 Å². The molecule has 0 radical (unpaired) electrons. The van der Waals surface area contributed by atoms with Gasteiger partial charge in [0.05, 0.1) is 11.7 Å². The third-order valence-electron chi connectivity index (χ3n) is 4.69. The highest BCUT2D eigenvalue weighted by Crippen LogP contribution is 2.24. The molecule has 0 atom stereocenters. The van der Waals surface area contributed by atoms with Crippen LogP contribution in [0.25, 0.3) is 0 Å². The minimum atomic E-state index is -0.210. The second kappa shape index (κ2) is 9.26.